The van der Waals surface area contributed by atoms with Crippen LogP contribution >= 0.6 is 11.6 Å². The maximum Gasteiger partial charge on any atom is 0.178 e. The Morgan fingerprint density at radius 3 is 3.00 bits per heavy atom. The average Bonchev–Trinajstić information content (AvgIpc) is 2.32. The first-order valence-electron chi connectivity index (χ1n) is 5.24. The molecular weight excluding hydrogens is 236 g/mol. The number of hydrogen-bond donors (Lipinski definition) is 1. The molecule has 17 heavy (non-hydrogen) atoms. The first kappa shape index (κ1) is 10.3. The van der Waals surface area contributed by atoms with Crippen molar-refractivity contribution >= 4 is 28.8 Å². The second kappa shape index (κ2) is 3.57. The van der Waals surface area contributed by atoms with Crippen LogP contribution < -0.4 is 5.73 Å². The number of para-hydroxylation sites is 1. The van der Waals surface area contributed by atoms with Gasteiger partial charge >= 0.3 is 0 Å². The van der Waals surface area contributed by atoms with Gasteiger partial charge in [0.05, 0.1) is 28.0 Å². The van der Waals surface area contributed by atoms with Crippen LogP contribution in [0, 0.1) is 5.92 Å². The normalized spacial score (nSPS) is 21.5. The van der Waals surface area contributed by atoms with E-state index in [1.54, 1.807) is 36.4 Å². The van der Waals surface area contributed by atoms with Crippen molar-refractivity contribution in [2.75, 3.05) is 0 Å². The van der Waals surface area contributed by atoms with Crippen molar-refractivity contribution < 1.29 is 4.79 Å². The molecule has 0 aromatic heterocycles. The highest BCUT2D eigenvalue weighted by Gasteiger charge is 2.32. The lowest BCUT2D eigenvalue weighted by Crippen LogP contribution is -2.31. The highest BCUT2D eigenvalue weighted by Crippen LogP contribution is 2.36. The Kier molecular flexibility index (Phi) is 2.16. The van der Waals surface area contributed by atoms with Crippen LogP contribution in [0.15, 0.2) is 47.1 Å². The molecule has 1 heterocycles. The molecule has 2 N–H and O–H groups in total. The Morgan fingerprint density at radius 2 is 2.18 bits per heavy atom. The van der Waals surface area contributed by atoms with E-state index in [1.165, 1.54) is 0 Å². The van der Waals surface area contributed by atoms with Crippen LogP contribution in [0.2, 0.25) is 5.02 Å². The summed E-state index contributed by atoms with van der Waals surface area (Å²) in [6, 6.07) is 5.22. The van der Waals surface area contributed by atoms with Gasteiger partial charge in [0.15, 0.2) is 5.78 Å². The number of carbonyl (C=O) groups excluding carboxylic acids is 1. The van der Waals surface area contributed by atoms with Crippen LogP contribution in [0.4, 0.5) is 5.69 Å². The van der Waals surface area contributed by atoms with Crippen molar-refractivity contribution in [3.8, 4) is 0 Å². The lowest BCUT2D eigenvalue weighted by Gasteiger charge is -2.24. The topological polar surface area (TPSA) is 55.5 Å². The van der Waals surface area contributed by atoms with Crippen molar-refractivity contribution in [2.24, 2.45) is 16.6 Å². The summed E-state index contributed by atoms with van der Waals surface area (Å²) >= 11 is 6.05. The summed E-state index contributed by atoms with van der Waals surface area (Å²) in [6.45, 7) is 0. The summed E-state index contributed by atoms with van der Waals surface area (Å²) in [7, 11) is 0. The number of nitrogens with two attached hydrogens (primary N) is 1. The zero-order valence-corrected chi connectivity index (χ0v) is 9.61. The number of nitrogens with zero attached hydrogens (tertiary/aromatic N) is 1. The highest BCUT2D eigenvalue weighted by molar-refractivity contribution is 6.35. The minimum atomic E-state index is -0.369. The third-order valence-corrected chi connectivity index (χ3v) is 3.24. The van der Waals surface area contributed by atoms with Gasteiger partial charge in [0.1, 0.15) is 0 Å². The predicted octanol–water partition coefficient (Wildman–Crippen LogP) is 2.64. The van der Waals surface area contributed by atoms with Gasteiger partial charge in [0.25, 0.3) is 0 Å². The lowest BCUT2D eigenvalue weighted by atomic mass is 9.85. The zero-order valence-electron chi connectivity index (χ0n) is 8.85. The fraction of sp³-hybridized carbons (Fsp3) is 0.0769. The largest absolute Gasteiger partial charge is 0.397 e. The lowest BCUT2D eigenvalue weighted by molar-refractivity contribution is 0.0971. The van der Waals surface area contributed by atoms with Crippen molar-refractivity contribution in [1.29, 1.82) is 0 Å². The number of fused-ring (bicyclic) bond motifs is 2. The van der Waals surface area contributed by atoms with Crippen molar-refractivity contribution in [2.45, 2.75) is 0 Å². The Morgan fingerprint density at radius 1 is 1.35 bits per heavy atom. The molecule has 0 radical (unpaired) electrons. The minimum absolute atomic E-state index is 0.000185. The number of ketones is 1. The summed E-state index contributed by atoms with van der Waals surface area (Å²) in [4.78, 5) is 16.7. The molecule has 0 saturated heterocycles. The molecule has 0 fully saturated rings. The summed E-state index contributed by atoms with van der Waals surface area (Å²) in [5, 5.41) is 0.476. The third kappa shape index (κ3) is 1.43. The zero-order chi connectivity index (χ0) is 12.0. The van der Waals surface area contributed by atoms with Gasteiger partial charge in [0.2, 0.25) is 0 Å². The molecule has 1 aromatic carbocycles. The molecule has 84 valence electrons. The third-order valence-electron chi connectivity index (χ3n) is 2.94. The van der Waals surface area contributed by atoms with E-state index in [4.69, 9.17) is 17.3 Å². The van der Waals surface area contributed by atoms with Gasteiger partial charge in [0, 0.05) is 5.56 Å². The van der Waals surface area contributed by atoms with E-state index in [2.05, 4.69) is 4.99 Å². The SMILES string of the molecule is NC1=CC=CC2C(=O)c3cccc(Cl)c3N=C12. The van der Waals surface area contributed by atoms with Crippen LogP contribution in [0.1, 0.15) is 10.4 Å². The first-order chi connectivity index (χ1) is 8.18. The second-order valence-corrected chi connectivity index (χ2v) is 4.39. The number of hydrogen-bond acceptors (Lipinski definition) is 3. The molecule has 1 aromatic rings. The van der Waals surface area contributed by atoms with Gasteiger partial charge in [-0.15, -0.1) is 0 Å². The number of halogens is 1. The quantitative estimate of drug-likeness (QED) is 0.763. The van der Waals surface area contributed by atoms with E-state index in [1.807, 2.05) is 0 Å². The molecule has 3 nitrogen and oxygen atoms in total. The molecule has 1 aliphatic heterocycles. The second-order valence-electron chi connectivity index (χ2n) is 3.98. The van der Waals surface area contributed by atoms with Crippen LogP contribution in [-0.4, -0.2) is 11.5 Å². The van der Waals surface area contributed by atoms with Gasteiger partial charge in [-0.2, -0.15) is 0 Å². The molecule has 4 heteroatoms. The molecule has 1 aliphatic carbocycles. The Balaban J connectivity index is 2.28. The van der Waals surface area contributed by atoms with Gasteiger partial charge in [-0.05, 0) is 18.2 Å². The summed E-state index contributed by atoms with van der Waals surface area (Å²) in [5.74, 6) is -0.370. The molecule has 0 spiro atoms. The molecule has 2 aliphatic rings. The van der Waals surface area contributed by atoms with Crippen LogP contribution in [-0.2, 0) is 0 Å². The molecular formula is C13H9ClN2O. The smallest absolute Gasteiger partial charge is 0.178 e. The van der Waals surface area contributed by atoms with Crippen LogP contribution in [0.3, 0.4) is 0 Å². The van der Waals surface area contributed by atoms with E-state index in [9.17, 15) is 4.79 Å². The Bertz CT molecular complexity index is 614. The Hall–Kier alpha value is -1.87. The van der Waals surface area contributed by atoms with Crippen molar-refractivity contribution in [3.05, 3.63) is 52.7 Å². The van der Waals surface area contributed by atoms with E-state index < -0.39 is 0 Å². The molecule has 3 rings (SSSR count). The fourth-order valence-electron chi connectivity index (χ4n) is 2.09. The number of carbonyl (C=O) groups is 1. The van der Waals surface area contributed by atoms with Crippen molar-refractivity contribution in [3.63, 3.8) is 0 Å². The maximum absolute atomic E-state index is 12.3. The molecule has 0 bridgehead atoms. The van der Waals surface area contributed by atoms with E-state index in [-0.39, 0.29) is 11.7 Å². The Labute approximate surface area is 103 Å². The van der Waals surface area contributed by atoms with Gasteiger partial charge in [-0.1, -0.05) is 29.8 Å². The van der Waals surface area contributed by atoms with Crippen LogP contribution in [0.5, 0.6) is 0 Å². The number of allylic oxidation sites excluding steroid dienone is 4. The summed E-state index contributed by atoms with van der Waals surface area (Å²) in [5.41, 5.74) is 8.05. The highest BCUT2D eigenvalue weighted by atomic mass is 35.5. The maximum atomic E-state index is 12.3. The molecule has 0 saturated carbocycles. The summed E-state index contributed by atoms with van der Waals surface area (Å²) < 4.78 is 0. The van der Waals surface area contributed by atoms with E-state index in [0.717, 1.165) is 0 Å². The van der Waals surface area contributed by atoms with E-state index in [0.29, 0.717) is 27.7 Å². The molecule has 0 amide bonds. The number of Topliss-reactive ketones (excluding diaryl/α,β-unsaturated/α-hetero) is 1. The average molecular weight is 245 g/mol. The summed E-state index contributed by atoms with van der Waals surface area (Å²) in [6.07, 6.45) is 5.33. The standard InChI is InChI=1S/C13H9ClN2O/c14-9-5-1-3-7-11(9)16-12-8(13(7)17)4-2-6-10(12)15/h1-6,8H,15H2. The first-order valence-corrected chi connectivity index (χ1v) is 5.62. The molecule has 1 atom stereocenters. The fourth-order valence-corrected chi connectivity index (χ4v) is 2.30. The number of rotatable bonds is 0. The van der Waals surface area contributed by atoms with Crippen LogP contribution in [0.25, 0.3) is 0 Å². The van der Waals surface area contributed by atoms with E-state index >= 15 is 0 Å². The predicted molar refractivity (Wildman–Crippen MR) is 67.8 cm³/mol. The van der Waals surface area contributed by atoms with Gasteiger partial charge < -0.3 is 5.73 Å². The number of benzene rings is 1. The number of aliphatic imine (C=N–C) groups is 1. The monoisotopic (exact) mass is 244 g/mol. The minimum Gasteiger partial charge on any atom is -0.397 e. The van der Waals surface area contributed by atoms with Gasteiger partial charge in [-0.3, -0.25) is 4.79 Å². The van der Waals surface area contributed by atoms with Gasteiger partial charge in [-0.25, -0.2) is 4.99 Å². The molecule has 1 unspecified atom stereocenters. The van der Waals surface area contributed by atoms with Crippen molar-refractivity contribution in [1.82, 2.24) is 0 Å².